The molecule has 0 aromatic carbocycles. The van der Waals surface area contributed by atoms with E-state index in [9.17, 15) is 5.11 Å². The first-order valence-corrected chi connectivity index (χ1v) is 4.66. The Balaban J connectivity index is 0.000000720. The van der Waals surface area contributed by atoms with Crippen LogP contribution in [-0.4, -0.2) is 11.2 Å². The van der Waals surface area contributed by atoms with Crippen LogP contribution in [0.4, 0.5) is 0 Å². The lowest BCUT2D eigenvalue weighted by atomic mass is 9.70. The van der Waals surface area contributed by atoms with Crippen molar-refractivity contribution in [3.05, 3.63) is 0 Å². The highest BCUT2D eigenvalue weighted by atomic mass is 16.3. The molecule has 2 aliphatic carbocycles. The molecule has 0 heterocycles. The van der Waals surface area contributed by atoms with Gasteiger partial charge in [-0.2, -0.15) is 0 Å². The van der Waals surface area contributed by atoms with Crippen molar-refractivity contribution in [1.29, 1.82) is 0 Å². The minimum absolute atomic E-state index is 0. The van der Waals surface area contributed by atoms with Crippen molar-refractivity contribution < 1.29 is 10.6 Å². The van der Waals surface area contributed by atoms with Crippen molar-refractivity contribution >= 4 is 0 Å². The summed E-state index contributed by atoms with van der Waals surface area (Å²) in [5.74, 6) is 0.780. The first-order valence-electron chi connectivity index (χ1n) is 4.66. The molecule has 2 heteroatoms. The zero-order valence-corrected chi connectivity index (χ0v) is 8.13. The number of rotatable bonds is 0. The molecule has 2 aliphatic rings. The predicted octanol–water partition coefficient (Wildman–Crippen LogP) is 2.07. The zero-order chi connectivity index (χ0) is 8.28. The number of fused-ring (bicyclic) bond motifs is 2. The molecule has 0 aliphatic heterocycles. The fraction of sp³-hybridized carbons (Fsp3) is 1.00. The summed E-state index contributed by atoms with van der Waals surface area (Å²) in [5, 5.41) is 9.81. The molecular formula is C10H18O2. The van der Waals surface area contributed by atoms with Crippen molar-refractivity contribution in [2.24, 2.45) is 16.7 Å². The van der Waals surface area contributed by atoms with Gasteiger partial charge in [0, 0.05) is 5.48 Å². The van der Waals surface area contributed by atoms with Crippen LogP contribution < -0.4 is 0 Å². The third-order valence-electron chi connectivity index (χ3n) is 4.75. The highest BCUT2D eigenvalue weighted by molar-refractivity contribution is 5.10. The molecule has 2 nitrogen and oxygen atoms in total. The van der Waals surface area contributed by atoms with E-state index in [1.54, 1.807) is 0 Å². The number of hydrogen-bond donors (Lipinski definition) is 1. The van der Waals surface area contributed by atoms with Crippen LogP contribution in [0.5, 0.6) is 0 Å². The van der Waals surface area contributed by atoms with E-state index in [1.165, 1.54) is 12.8 Å². The molecule has 2 fully saturated rings. The topological polar surface area (TPSA) is 48.7 Å². The lowest BCUT2D eigenvalue weighted by Crippen LogP contribution is -2.35. The van der Waals surface area contributed by atoms with E-state index >= 15 is 0 Å². The van der Waals surface area contributed by atoms with Crippen molar-refractivity contribution in [3.8, 4) is 0 Å². The van der Waals surface area contributed by atoms with Gasteiger partial charge in [0.05, 0.1) is 6.10 Å². The Labute approximate surface area is 74.3 Å². The number of aliphatic hydroxyl groups is 1. The molecule has 0 aromatic heterocycles. The maximum Gasteiger partial charge on any atom is 0.0601 e. The monoisotopic (exact) mass is 170 g/mol. The van der Waals surface area contributed by atoms with E-state index in [0.29, 0.717) is 5.41 Å². The summed E-state index contributed by atoms with van der Waals surface area (Å²) in [7, 11) is 0. The van der Waals surface area contributed by atoms with Crippen molar-refractivity contribution in [3.63, 3.8) is 0 Å². The van der Waals surface area contributed by atoms with Crippen molar-refractivity contribution in [1.82, 2.24) is 0 Å². The van der Waals surface area contributed by atoms with Crippen LogP contribution in [0.1, 0.15) is 40.0 Å². The number of hydrogen-bond acceptors (Lipinski definition) is 1. The average Bonchev–Trinajstić information content (AvgIpc) is 2.20. The summed E-state index contributed by atoms with van der Waals surface area (Å²) in [5.41, 5.74) is 0.601. The molecule has 1 N–H and O–H groups in total. The van der Waals surface area contributed by atoms with Gasteiger partial charge in [-0.15, -0.1) is 0 Å². The Morgan fingerprint density at radius 3 is 2.00 bits per heavy atom. The lowest BCUT2D eigenvalue weighted by Gasteiger charge is -2.36. The van der Waals surface area contributed by atoms with E-state index in [-0.39, 0.29) is 17.0 Å². The molecular weight excluding hydrogens is 152 g/mol. The summed E-state index contributed by atoms with van der Waals surface area (Å²) in [6.07, 6.45) is 3.58. The highest BCUT2D eigenvalue weighted by Crippen LogP contribution is 2.65. The lowest BCUT2D eigenvalue weighted by molar-refractivity contribution is 0.0126. The summed E-state index contributed by atoms with van der Waals surface area (Å²) >= 11 is 0. The van der Waals surface area contributed by atoms with Gasteiger partial charge in [-0.05, 0) is 36.0 Å². The molecule has 0 aromatic rings. The largest absolute Gasteiger partial charge is 0.393 e. The van der Waals surface area contributed by atoms with Gasteiger partial charge in [-0.25, -0.2) is 0 Å². The Morgan fingerprint density at radius 2 is 1.83 bits per heavy atom. The highest BCUT2D eigenvalue weighted by Gasteiger charge is 2.60. The van der Waals surface area contributed by atoms with E-state index in [0.717, 1.165) is 12.3 Å². The minimum atomic E-state index is -0.0313. The van der Waals surface area contributed by atoms with Crippen LogP contribution >= 0.6 is 0 Å². The van der Waals surface area contributed by atoms with Crippen LogP contribution in [0, 0.1) is 16.7 Å². The standard InChI is InChI=1S/C10H18O.O/c1-9(2)7-4-5-10(9,3)8(11)6-7;/h7-8,11H,4-6H2,1-3H3;. The van der Waals surface area contributed by atoms with Gasteiger partial charge in [0.25, 0.3) is 0 Å². The van der Waals surface area contributed by atoms with Crippen LogP contribution in [0.2, 0.25) is 0 Å². The smallest absolute Gasteiger partial charge is 0.0601 e. The van der Waals surface area contributed by atoms with Crippen LogP contribution in [-0.2, 0) is 5.48 Å². The predicted molar refractivity (Wildman–Crippen MR) is 45.9 cm³/mol. The fourth-order valence-corrected chi connectivity index (χ4v) is 3.16. The van der Waals surface area contributed by atoms with Crippen LogP contribution in [0.3, 0.4) is 0 Å². The van der Waals surface area contributed by atoms with Gasteiger partial charge in [-0.1, -0.05) is 20.8 Å². The van der Waals surface area contributed by atoms with Crippen LogP contribution in [0.25, 0.3) is 0 Å². The van der Waals surface area contributed by atoms with Crippen molar-refractivity contribution in [2.45, 2.75) is 46.1 Å². The van der Waals surface area contributed by atoms with Gasteiger partial charge in [0.1, 0.15) is 0 Å². The zero-order valence-electron chi connectivity index (χ0n) is 8.13. The van der Waals surface area contributed by atoms with E-state index in [4.69, 9.17) is 0 Å². The van der Waals surface area contributed by atoms with Gasteiger partial charge in [-0.3, -0.25) is 0 Å². The minimum Gasteiger partial charge on any atom is -0.393 e. The molecule has 3 unspecified atom stereocenters. The van der Waals surface area contributed by atoms with Gasteiger partial charge in [0.2, 0.25) is 0 Å². The Kier molecular flexibility index (Phi) is 2.05. The molecule has 12 heavy (non-hydrogen) atoms. The van der Waals surface area contributed by atoms with E-state index in [2.05, 4.69) is 20.8 Å². The molecule has 2 bridgehead atoms. The van der Waals surface area contributed by atoms with Gasteiger partial charge < -0.3 is 5.11 Å². The Morgan fingerprint density at radius 1 is 1.25 bits per heavy atom. The summed E-state index contributed by atoms with van der Waals surface area (Å²) in [6.45, 7) is 6.90. The number of aliphatic hydroxyl groups excluding tert-OH is 1. The van der Waals surface area contributed by atoms with Crippen molar-refractivity contribution in [2.75, 3.05) is 0 Å². The third kappa shape index (κ3) is 0.826. The van der Waals surface area contributed by atoms with E-state index < -0.39 is 0 Å². The third-order valence-corrected chi connectivity index (χ3v) is 4.75. The van der Waals surface area contributed by atoms with Crippen LogP contribution in [0.15, 0.2) is 0 Å². The maximum atomic E-state index is 9.81. The Hall–Kier alpha value is -0.0800. The normalized spacial score (nSPS) is 49.0. The molecule has 0 saturated heterocycles. The quantitative estimate of drug-likeness (QED) is 0.594. The first-order chi connectivity index (χ1) is 4.98. The van der Waals surface area contributed by atoms with E-state index in [1.807, 2.05) is 0 Å². The second-order valence-electron chi connectivity index (χ2n) is 5.13. The molecule has 70 valence electrons. The maximum absolute atomic E-state index is 9.81. The molecule has 0 amide bonds. The average molecular weight is 170 g/mol. The molecule has 2 saturated carbocycles. The van der Waals surface area contributed by atoms with Gasteiger partial charge in [0.15, 0.2) is 0 Å². The molecule has 2 radical (unpaired) electrons. The fourth-order valence-electron chi connectivity index (χ4n) is 3.16. The summed E-state index contributed by atoms with van der Waals surface area (Å²) in [6, 6.07) is 0. The summed E-state index contributed by atoms with van der Waals surface area (Å²) in [4.78, 5) is 0. The molecule has 2 rings (SSSR count). The second kappa shape index (κ2) is 2.46. The molecule has 3 atom stereocenters. The first kappa shape index (κ1) is 10.0. The summed E-state index contributed by atoms with van der Waals surface area (Å²) < 4.78 is 0. The molecule has 0 spiro atoms. The SMILES string of the molecule is CC1(C)C2CCC1(C)C(O)C2.[O]. The second-order valence-corrected chi connectivity index (χ2v) is 5.13. The van der Waals surface area contributed by atoms with Gasteiger partial charge >= 0.3 is 0 Å². The Bertz CT molecular complexity index is 188.